The van der Waals surface area contributed by atoms with E-state index >= 15 is 0 Å². The second-order valence-corrected chi connectivity index (χ2v) is 6.25. The molecule has 0 atom stereocenters. The second kappa shape index (κ2) is 6.95. The van der Waals surface area contributed by atoms with E-state index in [1.54, 1.807) is 32.0 Å². The van der Waals surface area contributed by atoms with Gasteiger partial charge in [-0.3, -0.25) is 4.79 Å². The molecule has 1 aromatic carbocycles. The van der Waals surface area contributed by atoms with E-state index in [0.717, 1.165) is 0 Å². The number of carbonyl (C=O) groups is 2. The molecule has 0 saturated carbocycles. The lowest BCUT2D eigenvalue weighted by atomic mass is 9.99. The van der Waals surface area contributed by atoms with E-state index in [2.05, 4.69) is 26.6 Å². The van der Waals surface area contributed by atoms with Gasteiger partial charge in [0.25, 0.3) is 0 Å². The molecule has 0 aliphatic rings. The maximum atomic E-state index is 11.9. The highest BCUT2D eigenvalue weighted by Crippen LogP contribution is 2.25. The van der Waals surface area contributed by atoms with Crippen molar-refractivity contribution in [3.63, 3.8) is 0 Å². The first kappa shape index (κ1) is 16.8. The summed E-state index contributed by atoms with van der Waals surface area (Å²) in [6.07, 6.45) is 0.347. The predicted molar refractivity (Wildman–Crippen MR) is 82.3 cm³/mol. The Morgan fingerprint density at radius 2 is 2.05 bits per heavy atom. The van der Waals surface area contributed by atoms with Gasteiger partial charge < -0.3 is 15.7 Å². The maximum absolute atomic E-state index is 11.9. The summed E-state index contributed by atoms with van der Waals surface area (Å²) >= 11 is 9.13. The molecule has 0 radical (unpaired) electrons. The number of halogens is 2. The number of benzene rings is 1. The molecule has 0 aliphatic carbocycles. The number of anilines is 1. The van der Waals surface area contributed by atoms with E-state index in [4.69, 9.17) is 16.7 Å². The number of carboxylic acid groups (broad SMARTS) is 1. The Morgan fingerprint density at radius 3 is 2.60 bits per heavy atom. The van der Waals surface area contributed by atoms with Crippen molar-refractivity contribution in [1.82, 2.24) is 5.32 Å². The monoisotopic (exact) mass is 362 g/mol. The fourth-order valence-corrected chi connectivity index (χ4v) is 2.02. The van der Waals surface area contributed by atoms with Crippen LogP contribution in [0.15, 0.2) is 22.7 Å². The molecule has 0 saturated heterocycles. The third-order valence-corrected chi connectivity index (χ3v) is 3.81. The van der Waals surface area contributed by atoms with Crippen molar-refractivity contribution in [1.29, 1.82) is 0 Å². The van der Waals surface area contributed by atoms with Crippen LogP contribution in [0.4, 0.5) is 10.5 Å². The minimum absolute atomic E-state index is 0.000225. The number of amides is 2. The molecule has 0 bridgehead atoms. The quantitative estimate of drug-likeness (QED) is 0.743. The summed E-state index contributed by atoms with van der Waals surface area (Å²) in [5, 5.41) is 14.6. The number of rotatable bonds is 5. The highest BCUT2D eigenvalue weighted by molar-refractivity contribution is 9.10. The zero-order chi connectivity index (χ0) is 15.3. The average molecular weight is 364 g/mol. The smallest absolute Gasteiger partial charge is 0.319 e. The van der Waals surface area contributed by atoms with Crippen LogP contribution in [0.2, 0.25) is 5.02 Å². The Hall–Kier alpha value is -1.27. The molecule has 1 rings (SSSR count). The van der Waals surface area contributed by atoms with E-state index in [1.165, 1.54) is 0 Å². The summed E-state index contributed by atoms with van der Waals surface area (Å²) in [4.78, 5) is 22.4. The van der Waals surface area contributed by atoms with Gasteiger partial charge in [-0.15, -0.1) is 0 Å². The van der Waals surface area contributed by atoms with Gasteiger partial charge in [0.05, 0.1) is 5.02 Å². The van der Waals surface area contributed by atoms with E-state index in [9.17, 15) is 9.59 Å². The molecule has 110 valence electrons. The van der Waals surface area contributed by atoms with Crippen LogP contribution >= 0.6 is 27.5 Å². The van der Waals surface area contributed by atoms with Crippen molar-refractivity contribution in [3.05, 3.63) is 27.7 Å². The third-order valence-electron chi connectivity index (χ3n) is 2.59. The molecule has 0 aliphatic heterocycles. The fraction of sp³-hybridized carbons (Fsp3) is 0.385. The molecule has 0 heterocycles. The summed E-state index contributed by atoms with van der Waals surface area (Å²) in [5.41, 5.74) is -0.0145. The lowest BCUT2D eigenvalue weighted by molar-refractivity contribution is -0.137. The van der Waals surface area contributed by atoms with Gasteiger partial charge in [0.2, 0.25) is 0 Å². The van der Waals surface area contributed by atoms with Crippen LogP contribution in [0.1, 0.15) is 26.7 Å². The number of urea groups is 1. The Kier molecular flexibility index (Phi) is 5.83. The Labute approximate surface area is 130 Å². The molecule has 0 fully saturated rings. The van der Waals surface area contributed by atoms with Gasteiger partial charge in [-0.1, -0.05) is 11.6 Å². The van der Waals surface area contributed by atoms with Crippen molar-refractivity contribution >= 4 is 45.2 Å². The van der Waals surface area contributed by atoms with Crippen LogP contribution in [0.25, 0.3) is 0 Å². The average Bonchev–Trinajstić information content (AvgIpc) is 2.31. The van der Waals surface area contributed by atoms with Crippen LogP contribution in [0, 0.1) is 0 Å². The highest BCUT2D eigenvalue weighted by atomic mass is 79.9. The van der Waals surface area contributed by atoms with Crippen LogP contribution in [-0.2, 0) is 4.79 Å². The standard InChI is InChI=1S/C13H16BrClN2O3/c1-13(2,6-5-11(18)19)17-12(20)16-8-3-4-10(15)9(14)7-8/h3-4,7H,5-6H2,1-2H3,(H,18,19)(H2,16,17,20). The molecular formula is C13H16BrClN2O3. The van der Waals surface area contributed by atoms with Crippen molar-refractivity contribution in [2.45, 2.75) is 32.2 Å². The molecule has 0 unspecified atom stereocenters. The normalized spacial score (nSPS) is 11.0. The minimum atomic E-state index is -0.887. The first-order chi connectivity index (χ1) is 9.19. The van der Waals surface area contributed by atoms with Gasteiger partial charge in [-0.2, -0.15) is 0 Å². The van der Waals surface area contributed by atoms with Crippen molar-refractivity contribution in [2.75, 3.05) is 5.32 Å². The summed E-state index contributed by atoms with van der Waals surface area (Å²) in [5.74, 6) is -0.887. The van der Waals surface area contributed by atoms with Crippen molar-refractivity contribution in [3.8, 4) is 0 Å². The molecule has 20 heavy (non-hydrogen) atoms. The van der Waals surface area contributed by atoms with Gasteiger partial charge in [-0.05, 0) is 54.4 Å². The first-order valence-electron chi connectivity index (χ1n) is 5.95. The van der Waals surface area contributed by atoms with Gasteiger partial charge in [0, 0.05) is 22.1 Å². The molecule has 1 aromatic rings. The Bertz CT molecular complexity index is 520. The first-order valence-corrected chi connectivity index (χ1v) is 7.13. The van der Waals surface area contributed by atoms with Gasteiger partial charge in [0.1, 0.15) is 0 Å². The van der Waals surface area contributed by atoms with E-state index in [1.807, 2.05) is 0 Å². The van der Waals surface area contributed by atoms with Crippen LogP contribution in [0.3, 0.4) is 0 Å². The summed E-state index contributed by atoms with van der Waals surface area (Å²) in [6.45, 7) is 3.54. The number of aliphatic carboxylic acids is 1. The van der Waals surface area contributed by atoms with Gasteiger partial charge in [-0.25, -0.2) is 4.79 Å². The van der Waals surface area contributed by atoms with Crippen LogP contribution < -0.4 is 10.6 Å². The number of carbonyl (C=O) groups excluding carboxylic acids is 1. The molecule has 7 heteroatoms. The van der Waals surface area contributed by atoms with Crippen LogP contribution in [-0.4, -0.2) is 22.6 Å². The number of hydrogen-bond acceptors (Lipinski definition) is 2. The maximum Gasteiger partial charge on any atom is 0.319 e. The SMILES string of the molecule is CC(C)(CCC(=O)O)NC(=O)Nc1ccc(Cl)c(Br)c1. The zero-order valence-electron chi connectivity index (χ0n) is 11.2. The summed E-state index contributed by atoms with van der Waals surface area (Å²) in [7, 11) is 0. The largest absolute Gasteiger partial charge is 0.481 e. The zero-order valence-corrected chi connectivity index (χ0v) is 13.5. The van der Waals surface area contributed by atoms with E-state index in [0.29, 0.717) is 21.6 Å². The molecule has 5 nitrogen and oxygen atoms in total. The number of nitrogens with one attached hydrogen (secondary N) is 2. The summed E-state index contributed by atoms with van der Waals surface area (Å²) in [6, 6.07) is 4.63. The topological polar surface area (TPSA) is 78.4 Å². The van der Waals surface area contributed by atoms with E-state index < -0.39 is 17.5 Å². The molecule has 3 N–H and O–H groups in total. The van der Waals surface area contributed by atoms with E-state index in [-0.39, 0.29) is 6.42 Å². The molecule has 0 spiro atoms. The minimum Gasteiger partial charge on any atom is -0.481 e. The van der Waals surface area contributed by atoms with Crippen LogP contribution in [0.5, 0.6) is 0 Å². The fourth-order valence-electron chi connectivity index (χ4n) is 1.53. The Morgan fingerprint density at radius 1 is 1.40 bits per heavy atom. The highest BCUT2D eigenvalue weighted by Gasteiger charge is 2.21. The van der Waals surface area contributed by atoms with Crippen molar-refractivity contribution < 1.29 is 14.7 Å². The Balaban J connectivity index is 2.58. The van der Waals surface area contributed by atoms with Gasteiger partial charge in [0.15, 0.2) is 0 Å². The summed E-state index contributed by atoms with van der Waals surface area (Å²) < 4.78 is 0.683. The van der Waals surface area contributed by atoms with Gasteiger partial charge >= 0.3 is 12.0 Å². The lowest BCUT2D eigenvalue weighted by Crippen LogP contribution is -2.45. The van der Waals surface area contributed by atoms with Crippen molar-refractivity contribution in [2.24, 2.45) is 0 Å². The lowest BCUT2D eigenvalue weighted by Gasteiger charge is -2.25. The number of carboxylic acids is 1. The molecule has 2 amide bonds. The third kappa shape index (κ3) is 5.79. The second-order valence-electron chi connectivity index (χ2n) is 4.99. The number of hydrogen-bond donors (Lipinski definition) is 3. The molecular weight excluding hydrogens is 348 g/mol. The molecule has 0 aromatic heterocycles. The predicted octanol–water partition coefficient (Wildman–Crippen LogP) is 3.87.